The van der Waals surface area contributed by atoms with Crippen molar-refractivity contribution in [2.45, 2.75) is 90.4 Å². The van der Waals surface area contributed by atoms with Crippen LogP contribution < -0.4 is 10.7 Å². The number of carbonyl (C=O) groups is 2. The lowest BCUT2D eigenvalue weighted by molar-refractivity contribution is -0.136. The molecule has 154 valence electrons. The molecular weight excluding hydrogens is 350 g/mol. The third-order valence-corrected chi connectivity index (χ3v) is 5.29. The Kier molecular flexibility index (Phi) is 9.73. The van der Waals surface area contributed by atoms with Crippen LogP contribution in [0.3, 0.4) is 0 Å². The van der Waals surface area contributed by atoms with Crippen molar-refractivity contribution in [1.82, 2.24) is 5.43 Å². The molecule has 1 aliphatic rings. The number of rotatable bonds is 3. The van der Waals surface area contributed by atoms with Crippen LogP contribution in [0.5, 0.6) is 0 Å². The van der Waals surface area contributed by atoms with Crippen LogP contribution in [0.2, 0.25) is 0 Å². The third kappa shape index (κ3) is 8.24. The fraction of sp³-hybridized carbons (Fsp3) is 0.609. The molecule has 2 amide bonds. The van der Waals surface area contributed by atoms with Gasteiger partial charge in [-0.3, -0.25) is 9.59 Å². The number of hydrogen-bond donors (Lipinski definition) is 2. The topological polar surface area (TPSA) is 70.6 Å². The fourth-order valence-corrected chi connectivity index (χ4v) is 3.45. The van der Waals surface area contributed by atoms with Gasteiger partial charge in [0.15, 0.2) is 0 Å². The average Bonchev–Trinajstić information content (AvgIpc) is 2.67. The molecule has 0 saturated heterocycles. The molecule has 0 heterocycles. The van der Waals surface area contributed by atoms with Crippen molar-refractivity contribution in [3.05, 3.63) is 29.8 Å². The average molecular weight is 386 g/mol. The maximum absolute atomic E-state index is 12.1. The van der Waals surface area contributed by atoms with Crippen LogP contribution in [-0.2, 0) is 9.59 Å². The van der Waals surface area contributed by atoms with Crippen molar-refractivity contribution in [3.63, 3.8) is 0 Å². The standard InChI is InChI=1S/C23H35N3O2/c1-18(2)19-14-16-20(17-15-19)24-22(27)23(28)26-25-21-12-10-8-6-4-3-5-7-9-11-13-21/h14-18H,3-13H2,1-2H3,(H,24,27)(H,26,28). The minimum Gasteiger partial charge on any atom is -0.318 e. The Balaban J connectivity index is 1.85. The lowest BCUT2D eigenvalue weighted by Crippen LogP contribution is -2.33. The second-order valence-corrected chi connectivity index (χ2v) is 8.03. The Morgan fingerprint density at radius 3 is 1.79 bits per heavy atom. The maximum atomic E-state index is 12.1. The molecule has 1 aromatic rings. The van der Waals surface area contributed by atoms with Crippen molar-refractivity contribution in [1.29, 1.82) is 0 Å². The minimum absolute atomic E-state index is 0.426. The number of hydrogen-bond acceptors (Lipinski definition) is 3. The summed E-state index contributed by atoms with van der Waals surface area (Å²) in [5, 5.41) is 6.90. The van der Waals surface area contributed by atoms with Crippen molar-refractivity contribution in [2.75, 3.05) is 5.32 Å². The summed E-state index contributed by atoms with van der Waals surface area (Å²) < 4.78 is 0. The zero-order chi connectivity index (χ0) is 20.2. The van der Waals surface area contributed by atoms with Gasteiger partial charge in [0.05, 0.1) is 0 Å². The monoisotopic (exact) mass is 385 g/mol. The molecule has 5 heteroatoms. The van der Waals surface area contributed by atoms with Crippen LogP contribution in [0.4, 0.5) is 5.69 Å². The molecule has 0 bridgehead atoms. The Morgan fingerprint density at radius 2 is 1.29 bits per heavy atom. The molecule has 1 aromatic carbocycles. The van der Waals surface area contributed by atoms with E-state index in [1.807, 2.05) is 24.3 Å². The van der Waals surface area contributed by atoms with Gasteiger partial charge in [-0.25, -0.2) is 5.43 Å². The number of anilines is 1. The minimum atomic E-state index is -0.716. The number of carbonyl (C=O) groups excluding carboxylic acids is 2. The zero-order valence-electron chi connectivity index (χ0n) is 17.4. The highest BCUT2D eigenvalue weighted by atomic mass is 16.2. The second-order valence-electron chi connectivity index (χ2n) is 8.03. The Hall–Kier alpha value is -2.17. The highest BCUT2D eigenvalue weighted by molar-refractivity contribution is 6.39. The van der Waals surface area contributed by atoms with E-state index in [0.717, 1.165) is 31.4 Å². The predicted octanol–water partition coefficient (Wildman–Crippen LogP) is 5.53. The quantitative estimate of drug-likeness (QED) is 0.531. The van der Waals surface area contributed by atoms with Gasteiger partial charge in [-0.1, -0.05) is 70.9 Å². The summed E-state index contributed by atoms with van der Waals surface area (Å²) in [6.07, 6.45) is 13.0. The van der Waals surface area contributed by atoms with E-state index in [-0.39, 0.29) is 0 Å². The summed E-state index contributed by atoms with van der Waals surface area (Å²) in [6.45, 7) is 4.23. The van der Waals surface area contributed by atoms with Crippen molar-refractivity contribution in [2.24, 2.45) is 5.10 Å². The van der Waals surface area contributed by atoms with E-state index in [4.69, 9.17) is 0 Å². The number of amides is 2. The largest absolute Gasteiger partial charge is 0.329 e. The molecule has 0 spiro atoms. The first kappa shape index (κ1) is 22.1. The van der Waals surface area contributed by atoms with Gasteiger partial charge < -0.3 is 5.32 Å². The van der Waals surface area contributed by atoms with Gasteiger partial charge in [0.2, 0.25) is 0 Å². The van der Waals surface area contributed by atoms with Gasteiger partial charge in [-0.05, 0) is 49.3 Å². The molecule has 2 N–H and O–H groups in total. The summed E-state index contributed by atoms with van der Waals surface area (Å²) in [4.78, 5) is 24.2. The summed E-state index contributed by atoms with van der Waals surface area (Å²) in [5.41, 5.74) is 5.26. The molecule has 1 fully saturated rings. The summed E-state index contributed by atoms with van der Waals surface area (Å²) in [7, 11) is 0. The molecule has 2 rings (SSSR count). The zero-order valence-corrected chi connectivity index (χ0v) is 17.4. The predicted molar refractivity (Wildman–Crippen MR) is 116 cm³/mol. The number of benzene rings is 1. The van der Waals surface area contributed by atoms with Crippen LogP contribution in [0.15, 0.2) is 29.4 Å². The lowest BCUT2D eigenvalue weighted by atomic mass is 10.00. The van der Waals surface area contributed by atoms with Crippen molar-refractivity contribution in [3.8, 4) is 0 Å². The molecular formula is C23H35N3O2. The smallest absolute Gasteiger partial charge is 0.318 e. The Bertz CT molecular complexity index is 636. The molecule has 1 saturated carbocycles. The first-order valence-electron chi connectivity index (χ1n) is 10.8. The highest BCUT2D eigenvalue weighted by Gasteiger charge is 2.14. The van der Waals surface area contributed by atoms with E-state index in [1.165, 1.54) is 50.5 Å². The fourth-order valence-electron chi connectivity index (χ4n) is 3.45. The molecule has 1 aliphatic carbocycles. The normalized spacial score (nSPS) is 16.6. The molecule has 0 unspecified atom stereocenters. The van der Waals surface area contributed by atoms with Gasteiger partial charge in [0, 0.05) is 11.4 Å². The van der Waals surface area contributed by atoms with E-state index >= 15 is 0 Å². The van der Waals surface area contributed by atoms with Gasteiger partial charge in [0.25, 0.3) is 0 Å². The van der Waals surface area contributed by atoms with E-state index in [2.05, 4.69) is 29.7 Å². The number of nitrogens with one attached hydrogen (secondary N) is 2. The van der Waals surface area contributed by atoms with Crippen LogP contribution in [0.25, 0.3) is 0 Å². The first-order chi connectivity index (χ1) is 13.6. The summed E-state index contributed by atoms with van der Waals surface area (Å²) >= 11 is 0. The Labute approximate surface area is 169 Å². The molecule has 0 aliphatic heterocycles. The van der Waals surface area contributed by atoms with Crippen LogP contribution in [0.1, 0.15) is 96.0 Å². The van der Waals surface area contributed by atoms with E-state index in [0.29, 0.717) is 11.6 Å². The number of nitrogens with zero attached hydrogens (tertiary/aromatic N) is 1. The van der Waals surface area contributed by atoms with Crippen molar-refractivity contribution >= 4 is 23.2 Å². The van der Waals surface area contributed by atoms with Crippen LogP contribution in [-0.4, -0.2) is 17.5 Å². The molecule has 0 radical (unpaired) electrons. The molecule has 28 heavy (non-hydrogen) atoms. The maximum Gasteiger partial charge on any atom is 0.329 e. The molecule has 5 nitrogen and oxygen atoms in total. The first-order valence-corrected chi connectivity index (χ1v) is 10.8. The third-order valence-electron chi connectivity index (χ3n) is 5.29. The summed E-state index contributed by atoms with van der Waals surface area (Å²) in [5.74, 6) is -0.976. The highest BCUT2D eigenvalue weighted by Crippen LogP contribution is 2.17. The molecule has 0 aromatic heterocycles. The number of hydrazone groups is 1. The van der Waals surface area contributed by atoms with Gasteiger partial charge >= 0.3 is 11.8 Å². The van der Waals surface area contributed by atoms with E-state index in [1.54, 1.807) is 0 Å². The lowest BCUT2D eigenvalue weighted by Gasteiger charge is -2.10. The SMILES string of the molecule is CC(C)c1ccc(NC(=O)C(=O)NN=C2CCCCCCCCCCC2)cc1. The Morgan fingerprint density at radius 1 is 0.786 bits per heavy atom. The van der Waals surface area contributed by atoms with E-state index in [9.17, 15) is 9.59 Å². The molecule has 0 atom stereocenters. The van der Waals surface area contributed by atoms with Gasteiger partial charge in [-0.2, -0.15) is 5.10 Å². The van der Waals surface area contributed by atoms with Crippen LogP contribution in [0, 0.1) is 0 Å². The van der Waals surface area contributed by atoms with Crippen LogP contribution >= 0.6 is 0 Å². The van der Waals surface area contributed by atoms with Gasteiger partial charge in [-0.15, -0.1) is 0 Å². The van der Waals surface area contributed by atoms with Gasteiger partial charge in [0.1, 0.15) is 0 Å². The van der Waals surface area contributed by atoms with E-state index < -0.39 is 11.8 Å². The van der Waals surface area contributed by atoms with Crippen molar-refractivity contribution < 1.29 is 9.59 Å². The second kappa shape index (κ2) is 12.3. The summed E-state index contributed by atoms with van der Waals surface area (Å²) in [6, 6.07) is 7.56.